The molecule has 1 amide bonds. The minimum absolute atomic E-state index is 0.0623. The van der Waals surface area contributed by atoms with E-state index in [1.807, 2.05) is 0 Å². The minimum Gasteiger partial charge on any atom is -0.481 e. The molecule has 1 fully saturated rings. The summed E-state index contributed by atoms with van der Waals surface area (Å²) in [7, 11) is 0. The van der Waals surface area contributed by atoms with E-state index in [0.717, 1.165) is 0 Å². The summed E-state index contributed by atoms with van der Waals surface area (Å²) in [6.07, 6.45) is -0.208. The molecule has 0 saturated carbocycles. The van der Waals surface area contributed by atoms with Gasteiger partial charge in [0.25, 0.3) is 0 Å². The van der Waals surface area contributed by atoms with E-state index in [-0.39, 0.29) is 32.1 Å². The van der Waals surface area contributed by atoms with E-state index in [9.17, 15) is 14.0 Å². The van der Waals surface area contributed by atoms with Crippen LogP contribution in [0.5, 0.6) is 0 Å². The summed E-state index contributed by atoms with van der Waals surface area (Å²) in [5.41, 5.74) is 0.369. The number of nitrogens with zero attached hydrogens (tertiary/aromatic N) is 1. The molecule has 1 aromatic carbocycles. The summed E-state index contributed by atoms with van der Waals surface area (Å²) in [5.74, 6) is -1.74. The quantitative estimate of drug-likeness (QED) is 0.884. The first-order valence-electron chi connectivity index (χ1n) is 5.90. The second kappa shape index (κ2) is 5.79. The molecule has 1 atom stereocenters. The molecule has 102 valence electrons. The maximum absolute atomic E-state index is 13.6. The van der Waals surface area contributed by atoms with Gasteiger partial charge in [-0.25, -0.2) is 4.39 Å². The van der Waals surface area contributed by atoms with Crippen molar-refractivity contribution in [2.45, 2.75) is 19.0 Å². The highest BCUT2D eigenvalue weighted by Crippen LogP contribution is 2.17. The van der Waals surface area contributed by atoms with Gasteiger partial charge in [-0.05, 0) is 6.07 Å². The smallest absolute Gasteiger partial charge is 0.305 e. The van der Waals surface area contributed by atoms with Crippen LogP contribution in [0.1, 0.15) is 12.0 Å². The maximum atomic E-state index is 13.6. The summed E-state index contributed by atoms with van der Waals surface area (Å²) >= 11 is 0. The fraction of sp³-hybridized carbons (Fsp3) is 0.385. The predicted octanol–water partition coefficient (Wildman–Crippen LogP) is 1.03. The van der Waals surface area contributed by atoms with Crippen LogP contribution in [0.2, 0.25) is 0 Å². The Hall–Kier alpha value is -1.95. The third-order valence-corrected chi connectivity index (χ3v) is 3.01. The van der Waals surface area contributed by atoms with Gasteiger partial charge in [-0.15, -0.1) is 0 Å². The number of halogens is 1. The lowest BCUT2D eigenvalue weighted by Crippen LogP contribution is -2.49. The number of benzene rings is 1. The van der Waals surface area contributed by atoms with Crippen LogP contribution in [-0.4, -0.2) is 41.1 Å². The molecule has 0 bridgehead atoms. The molecule has 0 spiro atoms. The molecular formula is C13H14FNO4. The highest BCUT2D eigenvalue weighted by atomic mass is 19.1. The summed E-state index contributed by atoms with van der Waals surface area (Å²) in [6.45, 7) is 0.129. The van der Waals surface area contributed by atoms with Crippen LogP contribution < -0.4 is 0 Å². The number of hydrogen-bond acceptors (Lipinski definition) is 3. The number of amides is 1. The summed E-state index contributed by atoms with van der Waals surface area (Å²) in [5, 5.41) is 8.82. The molecule has 1 aromatic rings. The van der Waals surface area contributed by atoms with E-state index < -0.39 is 17.8 Å². The number of carboxylic acid groups (broad SMARTS) is 1. The molecule has 5 nitrogen and oxygen atoms in total. The normalized spacial score (nSPS) is 19.5. The van der Waals surface area contributed by atoms with Crippen molar-refractivity contribution in [3.05, 3.63) is 35.6 Å². The first-order valence-corrected chi connectivity index (χ1v) is 5.90. The molecule has 1 saturated heterocycles. The third-order valence-electron chi connectivity index (χ3n) is 3.01. The molecule has 1 N–H and O–H groups in total. The van der Waals surface area contributed by atoms with E-state index in [0.29, 0.717) is 5.56 Å². The van der Waals surface area contributed by atoms with Crippen molar-refractivity contribution in [2.24, 2.45) is 0 Å². The lowest BCUT2D eigenvalue weighted by atomic mass is 10.1. The molecule has 6 heteroatoms. The van der Waals surface area contributed by atoms with Crippen molar-refractivity contribution >= 4 is 11.9 Å². The Morgan fingerprint density at radius 1 is 1.47 bits per heavy atom. The molecule has 0 radical (unpaired) electrons. The first kappa shape index (κ1) is 13.5. The number of rotatable bonds is 4. The largest absolute Gasteiger partial charge is 0.481 e. The van der Waals surface area contributed by atoms with Crippen LogP contribution >= 0.6 is 0 Å². The zero-order valence-electron chi connectivity index (χ0n) is 10.2. The van der Waals surface area contributed by atoms with Gasteiger partial charge < -0.3 is 14.7 Å². The van der Waals surface area contributed by atoms with Crippen LogP contribution in [0.15, 0.2) is 24.3 Å². The Morgan fingerprint density at radius 2 is 2.21 bits per heavy atom. The Kier molecular flexibility index (Phi) is 4.11. The highest BCUT2D eigenvalue weighted by molar-refractivity contribution is 5.79. The van der Waals surface area contributed by atoms with Crippen LogP contribution in [0, 0.1) is 5.82 Å². The molecular weight excluding hydrogens is 253 g/mol. The van der Waals surface area contributed by atoms with E-state index in [1.165, 1.54) is 11.0 Å². The van der Waals surface area contributed by atoms with E-state index in [1.54, 1.807) is 18.2 Å². The molecule has 0 aromatic heterocycles. The minimum atomic E-state index is -1.01. The van der Waals surface area contributed by atoms with E-state index in [4.69, 9.17) is 9.84 Å². The number of ether oxygens (including phenoxy) is 1. The number of carbonyl (C=O) groups excluding carboxylic acids is 1. The van der Waals surface area contributed by atoms with Gasteiger partial charge in [0.1, 0.15) is 12.4 Å². The molecule has 0 aliphatic carbocycles. The number of carboxylic acids is 1. The van der Waals surface area contributed by atoms with Crippen molar-refractivity contribution in [3.63, 3.8) is 0 Å². The Balaban J connectivity index is 2.16. The number of aliphatic carboxylic acids is 1. The first-order chi connectivity index (χ1) is 9.08. The third kappa shape index (κ3) is 3.29. The molecule has 2 rings (SSSR count). The molecule has 1 unspecified atom stereocenters. The zero-order chi connectivity index (χ0) is 13.8. The van der Waals surface area contributed by atoms with Crippen LogP contribution in [0.3, 0.4) is 0 Å². The second-order valence-electron chi connectivity index (χ2n) is 4.38. The van der Waals surface area contributed by atoms with Crippen molar-refractivity contribution in [1.82, 2.24) is 4.90 Å². The fourth-order valence-electron chi connectivity index (χ4n) is 2.06. The predicted molar refractivity (Wildman–Crippen MR) is 63.8 cm³/mol. The van der Waals surface area contributed by atoms with E-state index >= 15 is 0 Å². The van der Waals surface area contributed by atoms with Gasteiger partial charge in [0.15, 0.2) is 0 Å². The standard InChI is InChI=1S/C13H14FNO4/c14-11-4-2-1-3-9(11)6-15-10(5-13(17)18)7-19-8-12(15)16/h1-4,10H,5-8H2,(H,17,18). The SMILES string of the molecule is O=C(O)CC1COCC(=O)N1Cc1ccccc1F. The van der Waals surface area contributed by atoms with Gasteiger partial charge >= 0.3 is 5.97 Å². The van der Waals surface area contributed by atoms with Gasteiger partial charge in [-0.2, -0.15) is 0 Å². The molecule has 1 aliphatic rings. The van der Waals surface area contributed by atoms with Gasteiger partial charge in [0, 0.05) is 12.1 Å². The highest BCUT2D eigenvalue weighted by Gasteiger charge is 2.30. The average molecular weight is 267 g/mol. The average Bonchev–Trinajstić information content (AvgIpc) is 2.35. The topological polar surface area (TPSA) is 66.8 Å². The van der Waals surface area contributed by atoms with E-state index in [2.05, 4.69) is 0 Å². The zero-order valence-corrected chi connectivity index (χ0v) is 10.2. The summed E-state index contributed by atoms with van der Waals surface area (Å²) in [4.78, 5) is 23.9. The lowest BCUT2D eigenvalue weighted by Gasteiger charge is -2.34. The summed E-state index contributed by atoms with van der Waals surface area (Å²) < 4.78 is 18.6. The molecule has 1 aliphatic heterocycles. The van der Waals surface area contributed by atoms with Gasteiger partial charge in [0.05, 0.1) is 19.1 Å². The molecule has 1 heterocycles. The Bertz CT molecular complexity index is 491. The summed E-state index contributed by atoms with van der Waals surface area (Å²) in [6, 6.07) is 5.57. The van der Waals surface area contributed by atoms with Crippen LogP contribution in [0.25, 0.3) is 0 Å². The van der Waals surface area contributed by atoms with Gasteiger partial charge in [-0.3, -0.25) is 9.59 Å². The van der Waals surface area contributed by atoms with Crippen LogP contribution in [0.4, 0.5) is 4.39 Å². The van der Waals surface area contributed by atoms with Crippen molar-refractivity contribution in [1.29, 1.82) is 0 Å². The monoisotopic (exact) mass is 267 g/mol. The van der Waals surface area contributed by atoms with Gasteiger partial charge in [0.2, 0.25) is 5.91 Å². The lowest BCUT2D eigenvalue weighted by molar-refractivity contribution is -0.153. The van der Waals surface area contributed by atoms with Crippen molar-refractivity contribution in [3.8, 4) is 0 Å². The van der Waals surface area contributed by atoms with Crippen molar-refractivity contribution < 1.29 is 23.8 Å². The maximum Gasteiger partial charge on any atom is 0.305 e. The second-order valence-corrected chi connectivity index (χ2v) is 4.38. The number of morpholine rings is 1. The van der Waals surface area contributed by atoms with Crippen molar-refractivity contribution in [2.75, 3.05) is 13.2 Å². The Labute approximate surface area is 109 Å². The Morgan fingerprint density at radius 3 is 2.89 bits per heavy atom. The number of carbonyl (C=O) groups is 2. The van der Waals surface area contributed by atoms with Crippen LogP contribution in [-0.2, 0) is 20.9 Å². The molecule has 19 heavy (non-hydrogen) atoms. The fourth-order valence-corrected chi connectivity index (χ4v) is 2.06. The van der Waals surface area contributed by atoms with Gasteiger partial charge in [-0.1, -0.05) is 18.2 Å². The number of hydrogen-bond donors (Lipinski definition) is 1.